The van der Waals surface area contributed by atoms with Crippen molar-refractivity contribution in [1.82, 2.24) is 4.90 Å². The van der Waals surface area contributed by atoms with Gasteiger partial charge in [0.15, 0.2) is 0 Å². The predicted molar refractivity (Wildman–Crippen MR) is 37.1 cm³/mol. The first kappa shape index (κ1) is 6.91. The van der Waals surface area contributed by atoms with Crippen molar-refractivity contribution in [3.05, 3.63) is 0 Å². The number of rotatable bonds is 2. The molecule has 4 heteroatoms. The zero-order valence-electron chi connectivity index (χ0n) is 6.19. The van der Waals surface area contributed by atoms with Crippen molar-refractivity contribution in [3.63, 3.8) is 0 Å². The van der Waals surface area contributed by atoms with Crippen molar-refractivity contribution in [2.45, 2.75) is 25.0 Å². The zero-order valence-corrected chi connectivity index (χ0v) is 6.19. The van der Waals surface area contributed by atoms with Crippen LogP contribution in [-0.2, 0) is 4.74 Å². The molecule has 11 heavy (non-hydrogen) atoms. The molecule has 1 heterocycles. The standard InChI is InChI=1S/C7H11NO3/c9-4-6-3-8(5-1-2-5)7(10)11-6/h5-6,9H,1-4H2. The second-order valence-electron chi connectivity index (χ2n) is 3.07. The van der Waals surface area contributed by atoms with Crippen molar-refractivity contribution in [2.75, 3.05) is 13.2 Å². The second-order valence-corrected chi connectivity index (χ2v) is 3.07. The highest BCUT2D eigenvalue weighted by Crippen LogP contribution is 2.30. The van der Waals surface area contributed by atoms with Gasteiger partial charge in [0.2, 0.25) is 0 Å². The largest absolute Gasteiger partial charge is 0.442 e. The summed E-state index contributed by atoms with van der Waals surface area (Å²) in [6.07, 6.45) is 1.63. The maximum atomic E-state index is 11.0. The summed E-state index contributed by atoms with van der Waals surface area (Å²) in [5.41, 5.74) is 0. The fourth-order valence-electron chi connectivity index (χ4n) is 1.32. The maximum absolute atomic E-state index is 11.0. The van der Waals surface area contributed by atoms with Crippen LogP contribution in [0.25, 0.3) is 0 Å². The van der Waals surface area contributed by atoms with Crippen LogP contribution in [0.2, 0.25) is 0 Å². The smallest absolute Gasteiger partial charge is 0.410 e. The summed E-state index contributed by atoms with van der Waals surface area (Å²) in [6.45, 7) is 0.509. The third-order valence-corrected chi connectivity index (χ3v) is 2.09. The molecule has 62 valence electrons. The van der Waals surface area contributed by atoms with Crippen molar-refractivity contribution in [3.8, 4) is 0 Å². The molecule has 0 spiro atoms. The number of amides is 1. The normalized spacial score (nSPS) is 30.8. The summed E-state index contributed by atoms with van der Waals surface area (Å²) in [4.78, 5) is 12.7. The number of aliphatic hydroxyl groups is 1. The van der Waals surface area contributed by atoms with Gasteiger partial charge in [-0.25, -0.2) is 4.79 Å². The molecule has 1 saturated carbocycles. The number of carbonyl (C=O) groups is 1. The summed E-state index contributed by atoms with van der Waals surface area (Å²) < 4.78 is 4.86. The SMILES string of the molecule is O=C1OC(CO)CN1C1CC1. The molecule has 2 fully saturated rings. The van der Waals surface area contributed by atoms with Gasteiger partial charge in [-0.2, -0.15) is 0 Å². The van der Waals surface area contributed by atoms with Gasteiger partial charge >= 0.3 is 6.09 Å². The van der Waals surface area contributed by atoms with Gasteiger partial charge in [-0.15, -0.1) is 0 Å². The van der Waals surface area contributed by atoms with Gasteiger partial charge in [0.25, 0.3) is 0 Å². The molecule has 1 amide bonds. The molecule has 1 N–H and O–H groups in total. The highest BCUT2D eigenvalue weighted by Gasteiger charge is 2.40. The molecule has 2 aliphatic rings. The zero-order chi connectivity index (χ0) is 7.84. The Balaban J connectivity index is 1.96. The highest BCUT2D eigenvalue weighted by molar-refractivity contribution is 5.70. The lowest BCUT2D eigenvalue weighted by Crippen LogP contribution is -2.27. The van der Waals surface area contributed by atoms with E-state index in [-0.39, 0.29) is 18.8 Å². The van der Waals surface area contributed by atoms with Gasteiger partial charge in [0.05, 0.1) is 13.2 Å². The van der Waals surface area contributed by atoms with Gasteiger partial charge in [-0.3, -0.25) is 0 Å². The minimum absolute atomic E-state index is 0.0606. The van der Waals surface area contributed by atoms with Crippen LogP contribution in [0.15, 0.2) is 0 Å². The Morgan fingerprint density at radius 2 is 2.36 bits per heavy atom. The average molecular weight is 157 g/mol. The number of hydrogen-bond acceptors (Lipinski definition) is 3. The topological polar surface area (TPSA) is 49.8 Å². The molecule has 1 atom stereocenters. The Labute approximate surface area is 64.7 Å². The Morgan fingerprint density at radius 3 is 2.82 bits per heavy atom. The van der Waals surface area contributed by atoms with Gasteiger partial charge in [0.1, 0.15) is 6.10 Å². The van der Waals surface area contributed by atoms with E-state index in [1.165, 1.54) is 0 Å². The molecular weight excluding hydrogens is 146 g/mol. The molecule has 0 radical (unpaired) electrons. The molecule has 0 aromatic heterocycles. The van der Waals surface area contributed by atoms with Gasteiger partial charge in [-0.1, -0.05) is 0 Å². The van der Waals surface area contributed by atoms with E-state index in [0.29, 0.717) is 12.6 Å². The minimum atomic E-state index is -0.289. The first-order chi connectivity index (χ1) is 5.31. The number of ether oxygens (including phenoxy) is 1. The molecule has 1 saturated heterocycles. The third-order valence-electron chi connectivity index (χ3n) is 2.09. The Bertz CT molecular complexity index is 179. The van der Waals surface area contributed by atoms with E-state index in [1.54, 1.807) is 4.90 Å². The lowest BCUT2D eigenvalue weighted by molar-refractivity contribution is 0.0947. The first-order valence-corrected chi connectivity index (χ1v) is 3.89. The molecule has 0 aromatic rings. The lowest BCUT2D eigenvalue weighted by Gasteiger charge is -2.09. The molecular formula is C7H11NO3. The molecule has 0 bridgehead atoms. The molecule has 1 aliphatic carbocycles. The Kier molecular flexibility index (Phi) is 1.49. The van der Waals surface area contributed by atoms with Crippen LogP contribution in [0.5, 0.6) is 0 Å². The first-order valence-electron chi connectivity index (χ1n) is 3.89. The van der Waals surface area contributed by atoms with E-state index >= 15 is 0 Å². The van der Waals surface area contributed by atoms with Crippen LogP contribution in [0.1, 0.15) is 12.8 Å². The van der Waals surface area contributed by atoms with Crippen molar-refractivity contribution in [2.24, 2.45) is 0 Å². The van der Waals surface area contributed by atoms with Crippen LogP contribution in [0, 0.1) is 0 Å². The molecule has 4 nitrogen and oxygen atoms in total. The number of hydrogen-bond donors (Lipinski definition) is 1. The molecule has 2 rings (SSSR count). The van der Waals surface area contributed by atoms with Gasteiger partial charge < -0.3 is 14.7 Å². The van der Waals surface area contributed by atoms with Crippen LogP contribution >= 0.6 is 0 Å². The van der Waals surface area contributed by atoms with E-state index in [1.807, 2.05) is 0 Å². The molecule has 1 aliphatic heterocycles. The van der Waals surface area contributed by atoms with Crippen molar-refractivity contribution in [1.29, 1.82) is 0 Å². The summed E-state index contributed by atoms with van der Waals surface area (Å²) in [5, 5.41) is 8.70. The monoisotopic (exact) mass is 157 g/mol. The number of carbonyl (C=O) groups excluding carboxylic acids is 1. The van der Waals surface area contributed by atoms with Gasteiger partial charge in [0, 0.05) is 6.04 Å². The van der Waals surface area contributed by atoms with E-state index in [2.05, 4.69) is 0 Å². The van der Waals surface area contributed by atoms with Crippen LogP contribution in [0.4, 0.5) is 4.79 Å². The third kappa shape index (κ3) is 1.18. The van der Waals surface area contributed by atoms with E-state index in [0.717, 1.165) is 12.8 Å². The van der Waals surface area contributed by atoms with E-state index in [9.17, 15) is 4.79 Å². The number of aliphatic hydroxyl groups excluding tert-OH is 1. The van der Waals surface area contributed by atoms with Crippen LogP contribution in [-0.4, -0.2) is 41.4 Å². The van der Waals surface area contributed by atoms with Gasteiger partial charge in [-0.05, 0) is 12.8 Å². The Hall–Kier alpha value is -0.770. The quantitative estimate of drug-likeness (QED) is 0.612. The predicted octanol–water partition coefficient (Wildman–Crippen LogP) is -0.0381. The van der Waals surface area contributed by atoms with Crippen LogP contribution in [0.3, 0.4) is 0 Å². The average Bonchev–Trinajstić information content (AvgIpc) is 2.76. The highest BCUT2D eigenvalue weighted by atomic mass is 16.6. The minimum Gasteiger partial charge on any atom is -0.442 e. The molecule has 0 aromatic carbocycles. The summed E-state index contributed by atoms with van der Waals surface area (Å²) >= 11 is 0. The van der Waals surface area contributed by atoms with Crippen molar-refractivity contribution < 1.29 is 14.6 Å². The second kappa shape index (κ2) is 2.37. The van der Waals surface area contributed by atoms with Crippen molar-refractivity contribution >= 4 is 6.09 Å². The summed E-state index contributed by atoms with van der Waals surface area (Å²) in [6, 6.07) is 0.402. The number of cyclic esters (lactones) is 1. The van der Waals surface area contributed by atoms with E-state index < -0.39 is 0 Å². The fraction of sp³-hybridized carbons (Fsp3) is 0.857. The van der Waals surface area contributed by atoms with E-state index in [4.69, 9.17) is 9.84 Å². The maximum Gasteiger partial charge on any atom is 0.410 e. The Morgan fingerprint density at radius 1 is 1.64 bits per heavy atom. The number of nitrogens with zero attached hydrogens (tertiary/aromatic N) is 1. The summed E-state index contributed by atoms with van der Waals surface area (Å²) in [7, 11) is 0. The fourth-order valence-corrected chi connectivity index (χ4v) is 1.32. The molecule has 1 unspecified atom stereocenters. The lowest BCUT2D eigenvalue weighted by atomic mass is 10.4. The van der Waals surface area contributed by atoms with Crippen LogP contribution < -0.4 is 0 Å². The summed E-state index contributed by atoms with van der Waals surface area (Å²) in [5.74, 6) is 0.